The highest BCUT2D eigenvalue weighted by molar-refractivity contribution is 6.31. The van der Waals surface area contributed by atoms with Gasteiger partial charge in [0.05, 0.1) is 12.1 Å². The number of rotatable bonds is 2. The van der Waals surface area contributed by atoms with Crippen molar-refractivity contribution in [1.29, 1.82) is 0 Å². The smallest absolute Gasteiger partial charge is 0.328 e. The van der Waals surface area contributed by atoms with Crippen LogP contribution < -0.4 is 0 Å². The van der Waals surface area contributed by atoms with E-state index in [0.29, 0.717) is 12.1 Å². The molecule has 2 nitrogen and oxygen atoms in total. The highest BCUT2D eigenvalue weighted by Gasteiger charge is 2.30. The van der Waals surface area contributed by atoms with Crippen molar-refractivity contribution in [3.05, 3.63) is 52.1 Å². The number of benzene rings is 1. The predicted molar refractivity (Wildman–Crippen MR) is 67.3 cm³/mol. The Morgan fingerprint density at radius 1 is 1.26 bits per heavy atom. The van der Waals surface area contributed by atoms with Crippen LogP contribution in [0.4, 0.5) is 13.2 Å². The van der Waals surface area contributed by atoms with Gasteiger partial charge in [-0.3, -0.25) is 0 Å². The third-order valence-electron chi connectivity index (χ3n) is 2.96. The number of hydrogen-bond acceptors (Lipinski definition) is 1. The van der Waals surface area contributed by atoms with Gasteiger partial charge >= 0.3 is 6.18 Å². The third kappa shape index (κ3) is 2.92. The van der Waals surface area contributed by atoms with Crippen molar-refractivity contribution in [2.45, 2.75) is 26.6 Å². The first-order chi connectivity index (χ1) is 8.79. The SMILES string of the molecule is Cc1cnc(C)n1Cc1ccc(C(F)(F)F)cc1Cl. The van der Waals surface area contributed by atoms with Gasteiger partial charge in [0, 0.05) is 16.9 Å². The molecule has 0 saturated heterocycles. The molecule has 0 unspecified atom stereocenters. The Hall–Kier alpha value is -1.49. The van der Waals surface area contributed by atoms with Crippen molar-refractivity contribution in [3.8, 4) is 0 Å². The Balaban J connectivity index is 2.33. The van der Waals surface area contributed by atoms with Crippen molar-refractivity contribution >= 4 is 11.6 Å². The Kier molecular flexibility index (Phi) is 3.58. The van der Waals surface area contributed by atoms with Crippen LogP contribution >= 0.6 is 11.6 Å². The molecule has 0 aliphatic heterocycles. The normalized spacial score (nSPS) is 11.9. The summed E-state index contributed by atoms with van der Waals surface area (Å²) in [5.41, 5.74) is 0.840. The van der Waals surface area contributed by atoms with Crippen molar-refractivity contribution in [2.24, 2.45) is 0 Å². The maximum Gasteiger partial charge on any atom is 0.416 e. The number of halogens is 4. The van der Waals surface area contributed by atoms with E-state index in [-0.39, 0.29) is 5.02 Å². The lowest BCUT2D eigenvalue weighted by molar-refractivity contribution is -0.137. The van der Waals surface area contributed by atoms with Crippen LogP contribution in [0.5, 0.6) is 0 Å². The molecule has 0 fully saturated rings. The van der Waals surface area contributed by atoms with E-state index in [0.717, 1.165) is 23.7 Å². The molecule has 6 heteroatoms. The van der Waals surface area contributed by atoms with E-state index in [1.807, 2.05) is 18.4 Å². The first-order valence-corrected chi connectivity index (χ1v) is 6.01. The predicted octanol–water partition coefficient (Wildman–Crippen LogP) is 4.22. The first-order valence-electron chi connectivity index (χ1n) is 5.63. The van der Waals surface area contributed by atoms with Gasteiger partial charge in [0.25, 0.3) is 0 Å². The minimum atomic E-state index is -4.37. The van der Waals surface area contributed by atoms with Gasteiger partial charge in [-0.05, 0) is 31.5 Å². The van der Waals surface area contributed by atoms with E-state index in [1.54, 1.807) is 6.20 Å². The third-order valence-corrected chi connectivity index (χ3v) is 3.32. The summed E-state index contributed by atoms with van der Waals surface area (Å²) in [7, 11) is 0. The van der Waals surface area contributed by atoms with Gasteiger partial charge in [-0.2, -0.15) is 13.2 Å². The minimum Gasteiger partial charge on any atom is -0.328 e. The number of aromatic nitrogens is 2. The molecule has 0 saturated carbocycles. The summed E-state index contributed by atoms with van der Waals surface area (Å²) in [5.74, 6) is 0.800. The lowest BCUT2D eigenvalue weighted by Gasteiger charge is -2.12. The molecule has 2 rings (SSSR count). The lowest BCUT2D eigenvalue weighted by Crippen LogP contribution is -2.08. The van der Waals surface area contributed by atoms with Gasteiger partial charge in [-0.25, -0.2) is 4.98 Å². The molecule has 0 bridgehead atoms. The molecule has 0 atom stereocenters. The van der Waals surface area contributed by atoms with Crippen molar-refractivity contribution in [1.82, 2.24) is 9.55 Å². The highest BCUT2D eigenvalue weighted by atomic mass is 35.5. The average molecular weight is 289 g/mol. The summed E-state index contributed by atoms with van der Waals surface area (Å²) < 4.78 is 39.5. The molecule has 102 valence electrons. The summed E-state index contributed by atoms with van der Waals surface area (Å²) in [4.78, 5) is 4.14. The molecule has 0 aliphatic rings. The number of alkyl halides is 3. The molecular formula is C13H12ClF3N2. The molecule has 0 radical (unpaired) electrons. The zero-order valence-corrected chi connectivity index (χ0v) is 11.2. The van der Waals surface area contributed by atoms with Gasteiger partial charge in [0.2, 0.25) is 0 Å². The number of nitrogens with zero attached hydrogens (tertiary/aromatic N) is 2. The largest absolute Gasteiger partial charge is 0.416 e. The summed E-state index contributed by atoms with van der Waals surface area (Å²) in [5, 5.41) is 0.113. The summed E-state index contributed by atoms with van der Waals surface area (Å²) in [6.45, 7) is 4.14. The Bertz CT molecular complexity index is 583. The molecule has 1 heterocycles. The highest BCUT2D eigenvalue weighted by Crippen LogP contribution is 2.32. The van der Waals surface area contributed by atoms with Gasteiger partial charge in [0.1, 0.15) is 5.82 Å². The van der Waals surface area contributed by atoms with E-state index in [2.05, 4.69) is 4.98 Å². The summed E-state index contributed by atoms with van der Waals surface area (Å²) in [6.07, 6.45) is -2.66. The minimum absolute atomic E-state index is 0.113. The molecule has 0 aliphatic carbocycles. The Morgan fingerprint density at radius 2 is 1.95 bits per heavy atom. The molecular weight excluding hydrogens is 277 g/mol. The van der Waals surface area contributed by atoms with E-state index < -0.39 is 11.7 Å². The Labute approximate surface area is 113 Å². The van der Waals surface area contributed by atoms with Crippen LogP contribution in [0.3, 0.4) is 0 Å². The fraction of sp³-hybridized carbons (Fsp3) is 0.308. The van der Waals surface area contributed by atoms with Gasteiger partial charge in [-0.1, -0.05) is 17.7 Å². The van der Waals surface area contributed by atoms with Gasteiger partial charge in [0.15, 0.2) is 0 Å². The number of aryl methyl sites for hydroxylation is 2. The molecule has 1 aromatic carbocycles. The average Bonchev–Trinajstić information content (AvgIpc) is 2.62. The second-order valence-corrected chi connectivity index (χ2v) is 4.74. The fourth-order valence-electron chi connectivity index (χ4n) is 1.84. The van der Waals surface area contributed by atoms with Crippen LogP contribution in [0.2, 0.25) is 5.02 Å². The van der Waals surface area contributed by atoms with Crippen LogP contribution in [0.25, 0.3) is 0 Å². The standard InChI is InChI=1S/C13H12ClF3N2/c1-8-6-18-9(2)19(8)7-10-3-4-11(5-12(10)14)13(15,16)17/h3-6H,7H2,1-2H3. The molecule has 0 amide bonds. The van der Waals surface area contributed by atoms with Crippen LogP contribution in [0.1, 0.15) is 22.6 Å². The quantitative estimate of drug-likeness (QED) is 0.809. The zero-order valence-electron chi connectivity index (χ0n) is 10.4. The van der Waals surface area contributed by atoms with Gasteiger partial charge < -0.3 is 4.57 Å². The molecule has 1 aromatic heterocycles. The maximum absolute atomic E-state index is 12.5. The summed E-state index contributed by atoms with van der Waals surface area (Å²) in [6, 6.07) is 3.41. The lowest BCUT2D eigenvalue weighted by atomic mass is 10.1. The topological polar surface area (TPSA) is 17.8 Å². The number of hydrogen-bond donors (Lipinski definition) is 0. The van der Waals surface area contributed by atoms with E-state index >= 15 is 0 Å². The van der Waals surface area contributed by atoms with E-state index in [9.17, 15) is 13.2 Å². The monoisotopic (exact) mass is 288 g/mol. The molecule has 2 aromatic rings. The number of imidazole rings is 1. The second kappa shape index (κ2) is 4.89. The van der Waals surface area contributed by atoms with Crippen LogP contribution in [-0.2, 0) is 12.7 Å². The van der Waals surface area contributed by atoms with Crippen LogP contribution in [0.15, 0.2) is 24.4 Å². The first kappa shape index (κ1) is 13.9. The molecule has 0 N–H and O–H groups in total. The second-order valence-electron chi connectivity index (χ2n) is 4.34. The Morgan fingerprint density at radius 3 is 2.42 bits per heavy atom. The van der Waals surface area contributed by atoms with Crippen LogP contribution in [-0.4, -0.2) is 9.55 Å². The van der Waals surface area contributed by atoms with Crippen molar-refractivity contribution in [3.63, 3.8) is 0 Å². The van der Waals surface area contributed by atoms with E-state index in [4.69, 9.17) is 11.6 Å². The molecule has 0 spiro atoms. The van der Waals surface area contributed by atoms with Gasteiger partial charge in [-0.15, -0.1) is 0 Å². The maximum atomic E-state index is 12.5. The summed E-state index contributed by atoms with van der Waals surface area (Å²) >= 11 is 5.92. The van der Waals surface area contributed by atoms with Crippen molar-refractivity contribution in [2.75, 3.05) is 0 Å². The van der Waals surface area contributed by atoms with Crippen molar-refractivity contribution < 1.29 is 13.2 Å². The zero-order chi connectivity index (χ0) is 14.2. The van der Waals surface area contributed by atoms with Crippen LogP contribution in [0, 0.1) is 13.8 Å². The van der Waals surface area contributed by atoms with E-state index in [1.165, 1.54) is 6.07 Å². The fourth-order valence-corrected chi connectivity index (χ4v) is 2.08. The molecule has 19 heavy (non-hydrogen) atoms.